The summed E-state index contributed by atoms with van der Waals surface area (Å²) in [5.41, 5.74) is 6.49. The molecule has 2 saturated heterocycles. The van der Waals surface area contributed by atoms with Crippen LogP contribution in [0.15, 0.2) is 77.7 Å². The van der Waals surface area contributed by atoms with Crippen molar-refractivity contribution in [2.75, 3.05) is 24.5 Å². The van der Waals surface area contributed by atoms with E-state index in [0.717, 1.165) is 64.9 Å². The fraction of sp³-hybridized carbons (Fsp3) is 0.267. The van der Waals surface area contributed by atoms with Gasteiger partial charge in [0.2, 0.25) is 5.91 Å². The lowest BCUT2D eigenvalue weighted by Gasteiger charge is -2.38. The Morgan fingerprint density at radius 3 is 2.34 bits per heavy atom. The molecule has 3 aromatic carbocycles. The van der Waals surface area contributed by atoms with Gasteiger partial charge in [-0.1, -0.05) is 42.0 Å². The van der Waals surface area contributed by atoms with Gasteiger partial charge in [0.1, 0.15) is 0 Å². The number of anilines is 1. The first-order chi connectivity index (χ1) is 17.0. The highest BCUT2D eigenvalue weighted by molar-refractivity contribution is 5.98. The molecule has 2 fully saturated rings. The number of aryl methyl sites for hydroxylation is 2. The first-order valence-electron chi connectivity index (χ1n) is 12.4. The van der Waals surface area contributed by atoms with Crippen molar-refractivity contribution >= 4 is 22.4 Å². The molecule has 6 rings (SSSR count). The molecular formula is C30H29N3O2. The summed E-state index contributed by atoms with van der Waals surface area (Å²) in [6.07, 6.45) is 3.58. The fourth-order valence-corrected chi connectivity index (χ4v) is 5.69. The van der Waals surface area contributed by atoms with Gasteiger partial charge in [0, 0.05) is 55.1 Å². The Labute approximate surface area is 205 Å². The molecular weight excluding hydrogens is 434 g/mol. The van der Waals surface area contributed by atoms with Crippen LogP contribution in [0.5, 0.6) is 0 Å². The van der Waals surface area contributed by atoms with Crippen molar-refractivity contribution < 1.29 is 4.79 Å². The molecule has 0 radical (unpaired) electrons. The maximum absolute atomic E-state index is 13.6. The molecule has 5 nitrogen and oxygen atoms in total. The molecule has 0 N–H and O–H groups in total. The van der Waals surface area contributed by atoms with E-state index < -0.39 is 0 Å². The lowest BCUT2D eigenvalue weighted by Crippen LogP contribution is -2.51. The SMILES string of the molecule is Cc1ccc(-c2cccc3c(=O)n(-c4ccc(N5CCN6C(=O)CC[C@H]6C5)cc4)cc(C)c23)cc1. The standard InChI is InChI=1S/C30H29N3O2/c1-20-6-8-22(9-7-20)26-4-3-5-27-29(26)21(2)18-33(30(27)35)24-12-10-23(11-13-24)31-16-17-32-25(19-31)14-15-28(32)34/h3-13,18,25H,14-17,19H2,1-2H3/t25-/m0/s1. The van der Waals surface area contributed by atoms with Crippen LogP contribution in [0.4, 0.5) is 5.69 Å². The highest BCUT2D eigenvalue weighted by Crippen LogP contribution is 2.31. The number of pyridine rings is 1. The molecule has 0 bridgehead atoms. The van der Waals surface area contributed by atoms with Gasteiger partial charge >= 0.3 is 0 Å². The van der Waals surface area contributed by atoms with E-state index in [2.05, 4.69) is 61.2 Å². The van der Waals surface area contributed by atoms with Crippen LogP contribution in [-0.2, 0) is 4.79 Å². The minimum absolute atomic E-state index is 0.00889. The number of carbonyl (C=O) groups excluding carboxylic acids is 1. The van der Waals surface area contributed by atoms with Gasteiger partial charge < -0.3 is 9.80 Å². The monoisotopic (exact) mass is 463 g/mol. The molecule has 35 heavy (non-hydrogen) atoms. The third-order valence-corrected chi connectivity index (χ3v) is 7.58. The molecule has 2 aliphatic rings. The Morgan fingerprint density at radius 1 is 0.829 bits per heavy atom. The van der Waals surface area contributed by atoms with Crippen molar-refractivity contribution in [1.82, 2.24) is 9.47 Å². The highest BCUT2D eigenvalue weighted by atomic mass is 16.2. The number of hydrogen-bond acceptors (Lipinski definition) is 3. The fourth-order valence-electron chi connectivity index (χ4n) is 5.69. The maximum atomic E-state index is 13.6. The summed E-state index contributed by atoms with van der Waals surface area (Å²) in [6.45, 7) is 6.67. The zero-order valence-electron chi connectivity index (χ0n) is 20.2. The molecule has 3 heterocycles. The van der Waals surface area contributed by atoms with Gasteiger partial charge in [-0.05, 0) is 72.7 Å². The molecule has 2 aliphatic heterocycles. The number of fused-ring (bicyclic) bond motifs is 2. The minimum Gasteiger partial charge on any atom is -0.368 e. The van der Waals surface area contributed by atoms with Crippen molar-refractivity contribution in [2.24, 2.45) is 0 Å². The Kier molecular flexibility index (Phi) is 5.21. The van der Waals surface area contributed by atoms with Gasteiger partial charge in [0.25, 0.3) is 5.56 Å². The molecule has 176 valence electrons. The van der Waals surface area contributed by atoms with Crippen molar-refractivity contribution in [1.29, 1.82) is 0 Å². The van der Waals surface area contributed by atoms with Gasteiger partial charge in [0.05, 0.1) is 0 Å². The number of carbonyl (C=O) groups is 1. The largest absolute Gasteiger partial charge is 0.368 e. The first-order valence-corrected chi connectivity index (χ1v) is 12.4. The Bertz CT molecular complexity index is 1490. The van der Waals surface area contributed by atoms with Crippen LogP contribution in [0.25, 0.3) is 27.6 Å². The number of aromatic nitrogens is 1. The lowest BCUT2D eigenvalue weighted by atomic mass is 9.96. The summed E-state index contributed by atoms with van der Waals surface area (Å²) in [5, 5.41) is 1.74. The summed E-state index contributed by atoms with van der Waals surface area (Å²) >= 11 is 0. The van der Waals surface area contributed by atoms with E-state index in [1.807, 2.05) is 35.4 Å². The van der Waals surface area contributed by atoms with Crippen LogP contribution in [-0.4, -0.2) is 41.1 Å². The predicted octanol–water partition coefficient (Wildman–Crippen LogP) is 5.09. The smallest absolute Gasteiger partial charge is 0.262 e. The van der Waals surface area contributed by atoms with Crippen molar-refractivity contribution in [3.63, 3.8) is 0 Å². The third-order valence-electron chi connectivity index (χ3n) is 7.58. The van der Waals surface area contributed by atoms with E-state index in [-0.39, 0.29) is 5.56 Å². The van der Waals surface area contributed by atoms with Crippen molar-refractivity contribution in [3.05, 3.63) is 94.4 Å². The van der Waals surface area contributed by atoms with E-state index in [9.17, 15) is 9.59 Å². The molecule has 5 heteroatoms. The predicted molar refractivity (Wildman–Crippen MR) is 141 cm³/mol. The zero-order chi connectivity index (χ0) is 24.1. The van der Waals surface area contributed by atoms with E-state index in [1.165, 1.54) is 5.56 Å². The van der Waals surface area contributed by atoms with E-state index >= 15 is 0 Å². The average Bonchev–Trinajstić information content (AvgIpc) is 3.26. The van der Waals surface area contributed by atoms with Crippen molar-refractivity contribution in [2.45, 2.75) is 32.7 Å². The third kappa shape index (κ3) is 3.72. The van der Waals surface area contributed by atoms with Crippen LogP contribution < -0.4 is 10.5 Å². The van der Waals surface area contributed by atoms with E-state index in [1.54, 1.807) is 4.57 Å². The Hall–Kier alpha value is -3.86. The van der Waals surface area contributed by atoms with Crippen LogP contribution in [0.1, 0.15) is 24.0 Å². The first kappa shape index (κ1) is 21.7. The summed E-state index contributed by atoms with van der Waals surface area (Å²) in [5.74, 6) is 0.293. The molecule has 1 aromatic heterocycles. The number of amides is 1. The minimum atomic E-state index is -0.00889. The van der Waals surface area contributed by atoms with E-state index in [4.69, 9.17) is 0 Å². The zero-order valence-corrected chi connectivity index (χ0v) is 20.2. The van der Waals surface area contributed by atoms with Gasteiger partial charge in [0.15, 0.2) is 0 Å². The van der Waals surface area contributed by atoms with E-state index in [0.29, 0.717) is 18.4 Å². The molecule has 0 saturated carbocycles. The average molecular weight is 464 g/mol. The molecule has 4 aromatic rings. The summed E-state index contributed by atoms with van der Waals surface area (Å²) in [4.78, 5) is 30.0. The Morgan fingerprint density at radius 2 is 1.57 bits per heavy atom. The second-order valence-corrected chi connectivity index (χ2v) is 9.82. The number of hydrogen-bond donors (Lipinski definition) is 0. The van der Waals surface area contributed by atoms with Gasteiger partial charge in [-0.15, -0.1) is 0 Å². The molecule has 0 unspecified atom stereocenters. The number of piperazine rings is 1. The number of benzene rings is 3. The molecule has 0 aliphatic carbocycles. The number of nitrogens with zero attached hydrogens (tertiary/aromatic N) is 3. The molecule has 0 spiro atoms. The normalized spacial score (nSPS) is 17.8. The quantitative estimate of drug-likeness (QED) is 0.425. The highest BCUT2D eigenvalue weighted by Gasteiger charge is 2.35. The second kappa shape index (κ2) is 8.42. The van der Waals surface area contributed by atoms with Crippen LogP contribution in [0, 0.1) is 13.8 Å². The van der Waals surface area contributed by atoms with Crippen molar-refractivity contribution in [3.8, 4) is 16.8 Å². The van der Waals surface area contributed by atoms with Gasteiger partial charge in [-0.25, -0.2) is 0 Å². The maximum Gasteiger partial charge on any atom is 0.262 e. The molecule has 1 amide bonds. The summed E-state index contributed by atoms with van der Waals surface area (Å²) in [6, 6.07) is 23.0. The van der Waals surface area contributed by atoms with Crippen LogP contribution >= 0.6 is 0 Å². The van der Waals surface area contributed by atoms with Gasteiger partial charge in [-0.2, -0.15) is 0 Å². The van der Waals surface area contributed by atoms with Crippen LogP contribution in [0.3, 0.4) is 0 Å². The van der Waals surface area contributed by atoms with Gasteiger partial charge in [-0.3, -0.25) is 14.2 Å². The molecule has 1 atom stereocenters. The summed E-state index contributed by atoms with van der Waals surface area (Å²) < 4.78 is 1.76. The summed E-state index contributed by atoms with van der Waals surface area (Å²) in [7, 11) is 0. The number of rotatable bonds is 3. The second-order valence-electron chi connectivity index (χ2n) is 9.82. The Balaban J connectivity index is 1.34. The lowest BCUT2D eigenvalue weighted by molar-refractivity contribution is -0.129. The van der Waals surface area contributed by atoms with Crippen LogP contribution in [0.2, 0.25) is 0 Å². The topological polar surface area (TPSA) is 45.6 Å².